The number of nitrogens with one attached hydrogen (secondary N) is 1. The van der Waals surface area contributed by atoms with Crippen LogP contribution in [0.1, 0.15) is 17.9 Å². The first-order valence-corrected chi connectivity index (χ1v) is 3.70. The average Bonchev–Trinajstić information content (AvgIpc) is 2.47. The monoisotopic (exact) mass is 169 g/mol. The summed E-state index contributed by atoms with van der Waals surface area (Å²) >= 11 is 0. The molecule has 0 aromatic carbocycles. The van der Waals surface area contributed by atoms with Gasteiger partial charge in [-0.1, -0.05) is 0 Å². The molecule has 0 unspecified atom stereocenters. The van der Waals surface area contributed by atoms with Gasteiger partial charge in [-0.25, -0.2) is 5.48 Å². The predicted octanol–water partition coefficient (Wildman–Crippen LogP) is 1.03. The van der Waals surface area contributed by atoms with Crippen molar-refractivity contribution in [1.82, 2.24) is 5.48 Å². The molecule has 4 nitrogen and oxygen atoms in total. The molecule has 1 aromatic heterocycles. The maximum Gasteiger partial charge on any atom is 0.243 e. The van der Waals surface area contributed by atoms with Crippen LogP contribution in [0.25, 0.3) is 0 Å². The SMILES string of the molecule is Cc1ccc(CCC(=O)NO)o1. The first-order chi connectivity index (χ1) is 5.72. The number of carbonyl (C=O) groups is 1. The van der Waals surface area contributed by atoms with E-state index in [2.05, 4.69) is 0 Å². The smallest absolute Gasteiger partial charge is 0.243 e. The van der Waals surface area contributed by atoms with Crippen molar-refractivity contribution in [2.24, 2.45) is 0 Å². The molecule has 0 atom stereocenters. The molecule has 4 heteroatoms. The van der Waals surface area contributed by atoms with Crippen molar-refractivity contribution in [2.45, 2.75) is 19.8 Å². The fraction of sp³-hybridized carbons (Fsp3) is 0.375. The van der Waals surface area contributed by atoms with Crippen molar-refractivity contribution in [2.75, 3.05) is 0 Å². The van der Waals surface area contributed by atoms with Crippen molar-refractivity contribution >= 4 is 5.91 Å². The number of carbonyl (C=O) groups excluding carboxylic acids is 1. The maximum absolute atomic E-state index is 10.6. The van der Waals surface area contributed by atoms with Crippen molar-refractivity contribution in [3.8, 4) is 0 Å². The van der Waals surface area contributed by atoms with Gasteiger partial charge in [0, 0.05) is 12.8 Å². The Hall–Kier alpha value is -1.29. The fourth-order valence-electron chi connectivity index (χ4n) is 0.912. The van der Waals surface area contributed by atoms with E-state index in [4.69, 9.17) is 9.62 Å². The van der Waals surface area contributed by atoms with E-state index in [-0.39, 0.29) is 6.42 Å². The highest BCUT2D eigenvalue weighted by molar-refractivity contribution is 5.74. The molecule has 12 heavy (non-hydrogen) atoms. The van der Waals surface area contributed by atoms with E-state index in [9.17, 15) is 4.79 Å². The van der Waals surface area contributed by atoms with E-state index < -0.39 is 5.91 Å². The van der Waals surface area contributed by atoms with Crippen LogP contribution >= 0.6 is 0 Å². The maximum atomic E-state index is 10.6. The van der Waals surface area contributed by atoms with E-state index in [1.54, 1.807) is 5.48 Å². The first-order valence-electron chi connectivity index (χ1n) is 3.70. The van der Waals surface area contributed by atoms with Crippen LogP contribution in [0.5, 0.6) is 0 Å². The zero-order valence-corrected chi connectivity index (χ0v) is 6.83. The van der Waals surface area contributed by atoms with Crippen LogP contribution < -0.4 is 5.48 Å². The second kappa shape index (κ2) is 3.92. The number of amides is 1. The molecule has 0 saturated heterocycles. The molecule has 1 aromatic rings. The standard InChI is InChI=1S/C8H11NO3/c1-6-2-3-7(12-6)4-5-8(10)9-11/h2-3,11H,4-5H2,1H3,(H,9,10). The molecule has 66 valence electrons. The lowest BCUT2D eigenvalue weighted by atomic mass is 10.2. The molecule has 0 aliphatic rings. The van der Waals surface area contributed by atoms with Gasteiger partial charge in [0.2, 0.25) is 5.91 Å². The third-order valence-corrected chi connectivity index (χ3v) is 1.52. The van der Waals surface area contributed by atoms with Gasteiger partial charge in [-0.3, -0.25) is 10.0 Å². The Kier molecular flexibility index (Phi) is 2.88. The quantitative estimate of drug-likeness (QED) is 0.524. The molecule has 2 N–H and O–H groups in total. The molecule has 0 spiro atoms. The zero-order valence-electron chi connectivity index (χ0n) is 6.83. The van der Waals surface area contributed by atoms with Gasteiger partial charge in [-0.05, 0) is 19.1 Å². The summed E-state index contributed by atoms with van der Waals surface area (Å²) in [6, 6.07) is 3.66. The van der Waals surface area contributed by atoms with Crippen LogP contribution in [0.3, 0.4) is 0 Å². The minimum Gasteiger partial charge on any atom is -0.466 e. The number of rotatable bonds is 3. The lowest BCUT2D eigenvalue weighted by Gasteiger charge is -1.95. The average molecular weight is 169 g/mol. The summed E-state index contributed by atoms with van der Waals surface area (Å²) in [5.41, 5.74) is 1.56. The highest BCUT2D eigenvalue weighted by Crippen LogP contribution is 2.08. The summed E-state index contributed by atoms with van der Waals surface area (Å²) in [6.45, 7) is 1.84. The predicted molar refractivity (Wildman–Crippen MR) is 41.7 cm³/mol. The number of hydrogen-bond acceptors (Lipinski definition) is 3. The summed E-state index contributed by atoms with van der Waals surface area (Å²) in [5, 5.41) is 8.19. The lowest BCUT2D eigenvalue weighted by Crippen LogP contribution is -2.18. The van der Waals surface area contributed by atoms with Gasteiger partial charge in [0.05, 0.1) is 0 Å². The van der Waals surface area contributed by atoms with Crippen molar-refractivity contribution in [3.63, 3.8) is 0 Å². The van der Waals surface area contributed by atoms with Gasteiger partial charge >= 0.3 is 0 Å². The third-order valence-electron chi connectivity index (χ3n) is 1.52. The molecule has 0 aliphatic heterocycles. The Morgan fingerprint density at radius 2 is 2.42 bits per heavy atom. The van der Waals surface area contributed by atoms with Crippen LogP contribution in [0, 0.1) is 6.92 Å². The molecule has 0 fully saturated rings. The molecule has 0 bridgehead atoms. The van der Waals surface area contributed by atoms with Crippen molar-refractivity contribution in [3.05, 3.63) is 23.7 Å². The Bertz CT molecular complexity index is 267. The topological polar surface area (TPSA) is 62.5 Å². The Morgan fingerprint density at radius 3 is 2.92 bits per heavy atom. The minimum atomic E-state index is -0.399. The summed E-state index contributed by atoms with van der Waals surface area (Å²) in [4.78, 5) is 10.6. The summed E-state index contributed by atoms with van der Waals surface area (Å²) < 4.78 is 5.22. The lowest BCUT2D eigenvalue weighted by molar-refractivity contribution is -0.129. The largest absolute Gasteiger partial charge is 0.466 e. The molecule has 0 aliphatic carbocycles. The Morgan fingerprint density at radius 1 is 1.67 bits per heavy atom. The highest BCUT2D eigenvalue weighted by Gasteiger charge is 2.02. The van der Waals surface area contributed by atoms with Crippen LogP contribution in [0.2, 0.25) is 0 Å². The number of hydrogen-bond donors (Lipinski definition) is 2. The normalized spacial score (nSPS) is 9.83. The van der Waals surface area contributed by atoms with Crippen LogP contribution in [0.4, 0.5) is 0 Å². The van der Waals surface area contributed by atoms with Crippen LogP contribution in [-0.2, 0) is 11.2 Å². The summed E-state index contributed by atoms with van der Waals surface area (Å²) in [6.07, 6.45) is 0.754. The highest BCUT2D eigenvalue weighted by atomic mass is 16.5. The van der Waals surface area contributed by atoms with Gasteiger partial charge in [-0.2, -0.15) is 0 Å². The van der Waals surface area contributed by atoms with Gasteiger partial charge in [-0.15, -0.1) is 0 Å². The molecule has 1 rings (SSSR count). The van der Waals surface area contributed by atoms with Crippen molar-refractivity contribution < 1.29 is 14.4 Å². The number of furan rings is 1. The van der Waals surface area contributed by atoms with E-state index >= 15 is 0 Å². The Labute approximate surface area is 70.1 Å². The number of aryl methyl sites for hydroxylation is 2. The summed E-state index contributed by atoms with van der Waals surface area (Å²) in [5.74, 6) is 1.19. The second-order valence-electron chi connectivity index (χ2n) is 2.55. The molecular formula is C8H11NO3. The molecular weight excluding hydrogens is 158 g/mol. The van der Waals surface area contributed by atoms with Gasteiger partial charge in [0.25, 0.3) is 0 Å². The third kappa shape index (κ3) is 2.39. The van der Waals surface area contributed by atoms with E-state index in [0.29, 0.717) is 6.42 Å². The molecule has 0 saturated carbocycles. The van der Waals surface area contributed by atoms with Gasteiger partial charge in [0.15, 0.2) is 0 Å². The molecule has 0 radical (unpaired) electrons. The van der Waals surface area contributed by atoms with Crippen molar-refractivity contribution in [1.29, 1.82) is 0 Å². The number of hydroxylamine groups is 1. The van der Waals surface area contributed by atoms with E-state index in [1.807, 2.05) is 19.1 Å². The van der Waals surface area contributed by atoms with Crippen LogP contribution in [-0.4, -0.2) is 11.1 Å². The fourth-order valence-corrected chi connectivity index (χ4v) is 0.912. The molecule has 1 amide bonds. The van der Waals surface area contributed by atoms with E-state index in [1.165, 1.54) is 0 Å². The summed E-state index contributed by atoms with van der Waals surface area (Å²) in [7, 11) is 0. The zero-order chi connectivity index (χ0) is 8.97. The minimum absolute atomic E-state index is 0.240. The Balaban J connectivity index is 2.38. The molecule has 1 heterocycles. The first kappa shape index (κ1) is 8.80. The van der Waals surface area contributed by atoms with Gasteiger partial charge in [0.1, 0.15) is 11.5 Å². The van der Waals surface area contributed by atoms with Crippen LogP contribution in [0.15, 0.2) is 16.5 Å². The van der Waals surface area contributed by atoms with Gasteiger partial charge < -0.3 is 4.42 Å². The second-order valence-corrected chi connectivity index (χ2v) is 2.55. The van der Waals surface area contributed by atoms with E-state index in [0.717, 1.165) is 11.5 Å².